The summed E-state index contributed by atoms with van der Waals surface area (Å²) in [5.74, 6) is 0. The molecular weight excluding hydrogens is 217 g/mol. The molecule has 5 nitrogen and oxygen atoms in total. The lowest BCUT2D eigenvalue weighted by Gasteiger charge is -2.01. The summed E-state index contributed by atoms with van der Waals surface area (Å²) in [6.07, 6.45) is 0. The highest BCUT2D eigenvalue weighted by atomic mass is 32.1. The number of hydrogen-bond acceptors (Lipinski definition) is 6. The molecule has 0 aliphatic heterocycles. The highest BCUT2D eigenvalue weighted by Crippen LogP contribution is 2.24. The SMILES string of the molecule is COCCNCc1ccc(OB(O)O)s1. The average molecular weight is 231 g/mol. The lowest BCUT2D eigenvalue weighted by atomic mass is 10.3. The Morgan fingerprint density at radius 3 is 2.93 bits per heavy atom. The fourth-order valence-electron chi connectivity index (χ4n) is 1.01. The lowest BCUT2D eigenvalue weighted by molar-refractivity contribution is 0.199. The first-order chi connectivity index (χ1) is 7.22. The molecule has 0 amide bonds. The van der Waals surface area contributed by atoms with Gasteiger partial charge in [-0.15, -0.1) is 11.3 Å². The molecule has 3 N–H and O–H groups in total. The molecule has 0 aliphatic carbocycles. The second-order valence-corrected chi connectivity index (χ2v) is 3.97. The Labute approximate surface area is 92.8 Å². The Kier molecular flexibility index (Phi) is 5.66. The van der Waals surface area contributed by atoms with Gasteiger partial charge in [-0.3, -0.25) is 0 Å². The van der Waals surface area contributed by atoms with Crippen LogP contribution < -0.4 is 9.97 Å². The molecule has 0 aliphatic rings. The van der Waals surface area contributed by atoms with Gasteiger partial charge in [0.15, 0.2) is 5.06 Å². The first-order valence-corrected chi connectivity index (χ1v) is 5.35. The quantitative estimate of drug-likeness (QED) is 0.449. The third-order valence-electron chi connectivity index (χ3n) is 1.64. The van der Waals surface area contributed by atoms with Gasteiger partial charge in [-0.05, 0) is 12.1 Å². The van der Waals surface area contributed by atoms with Crippen molar-refractivity contribution in [3.63, 3.8) is 0 Å². The summed E-state index contributed by atoms with van der Waals surface area (Å²) < 4.78 is 9.59. The van der Waals surface area contributed by atoms with E-state index in [1.807, 2.05) is 6.07 Å². The van der Waals surface area contributed by atoms with Crippen LogP contribution in [0.5, 0.6) is 5.06 Å². The van der Waals surface area contributed by atoms with Crippen molar-refractivity contribution in [2.75, 3.05) is 20.3 Å². The summed E-state index contributed by atoms with van der Waals surface area (Å²) in [5, 5.41) is 20.8. The van der Waals surface area contributed by atoms with E-state index in [4.69, 9.17) is 19.4 Å². The fourth-order valence-corrected chi connectivity index (χ4v) is 1.85. The maximum absolute atomic E-state index is 8.57. The van der Waals surface area contributed by atoms with Crippen LogP contribution in [0.15, 0.2) is 12.1 Å². The summed E-state index contributed by atoms with van der Waals surface area (Å²) in [7, 11) is -0.0977. The molecule has 0 aromatic carbocycles. The summed E-state index contributed by atoms with van der Waals surface area (Å²) in [6.45, 7) is 2.18. The monoisotopic (exact) mass is 231 g/mol. The molecule has 0 fully saturated rings. The van der Waals surface area contributed by atoms with E-state index in [2.05, 4.69) is 5.32 Å². The van der Waals surface area contributed by atoms with Gasteiger partial charge in [0.1, 0.15) is 0 Å². The molecule has 84 valence electrons. The molecule has 0 radical (unpaired) electrons. The van der Waals surface area contributed by atoms with Crippen molar-refractivity contribution in [1.29, 1.82) is 0 Å². The van der Waals surface area contributed by atoms with Crippen molar-refractivity contribution in [3.05, 3.63) is 17.0 Å². The standard InChI is InChI=1S/C8H14BNO4S/c1-13-5-4-10-6-7-2-3-8(15-7)14-9(11)12/h2-3,10-12H,4-6H2,1H3. The predicted molar refractivity (Wildman–Crippen MR) is 58.7 cm³/mol. The van der Waals surface area contributed by atoms with Gasteiger partial charge in [-0.25, -0.2) is 0 Å². The highest BCUT2D eigenvalue weighted by molar-refractivity contribution is 7.14. The molecular formula is C8H14BNO4S. The van der Waals surface area contributed by atoms with E-state index in [-0.39, 0.29) is 0 Å². The van der Waals surface area contributed by atoms with Gasteiger partial charge in [0.05, 0.1) is 6.61 Å². The van der Waals surface area contributed by atoms with E-state index >= 15 is 0 Å². The first-order valence-electron chi connectivity index (χ1n) is 4.53. The van der Waals surface area contributed by atoms with Crippen LogP contribution in [0.2, 0.25) is 0 Å². The lowest BCUT2D eigenvalue weighted by Crippen LogP contribution is -2.19. The van der Waals surface area contributed by atoms with Crippen molar-refractivity contribution < 1.29 is 19.4 Å². The largest absolute Gasteiger partial charge is 0.708 e. The second kappa shape index (κ2) is 6.81. The molecule has 0 spiro atoms. The molecule has 1 heterocycles. The van der Waals surface area contributed by atoms with E-state index < -0.39 is 7.32 Å². The Morgan fingerprint density at radius 2 is 2.27 bits per heavy atom. The smallest absolute Gasteiger partial charge is 0.504 e. The molecule has 7 heteroatoms. The highest BCUT2D eigenvalue weighted by Gasteiger charge is 2.12. The average Bonchev–Trinajstić information content (AvgIpc) is 2.59. The van der Waals surface area contributed by atoms with Crippen LogP contribution in [0.25, 0.3) is 0 Å². The van der Waals surface area contributed by atoms with Gasteiger partial charge >= 0.3 is 7.32 Å². The Morgan fingerprint density at radius 1 is 1.47 bits per heavy atom. The van der Waals surface area contributed by atoms with Crippen molar-refractivity contribution in [3.8, 4) is 5.06 Å². The third-order valence-corrected chi connectivity index (χ3v) is 2.62. The van der Waals surface area contributed by atoms with Gasteiger partial charge in [-0.2, -0.15) is 0 Å². The van der Waals surface area contributed by atoms with Crippen LogP contribution in [0, 0.1) is 0 Å². The molecule has 0 saturated heterocycles. The number of ether oxygens (including phenoxy) is 1. The van der Waals surface area contributed by atoms with Crippen LogP contribution in [-0.4, -0.2) is 37.6 Å². The second-order valence-electron chi connectivity index (χ2n) is 2.83. The minimum Gasteiger partial charge on any atom is -0.504 e. The van der Waals surface area contributed by atoms with E-state index in [0.717, 1.165) is 18.0 Å². The molecule has 0 unspecified atom stereocenters. The van der Waals surface area contributed by atoms with Crippen molar-refractivity contribution in [2.24, 2.45) is 0 Å². The van der Waals surface area contributed by atoms with Crippen molar-refractivity contribution in [2.45, 2.75) is 6.54 Å². The zero-order chi connectivity index (χ0) is 11.1. The summed E-state index contributed by atoms with van der Waals surface area (Å²) in [5.41, 5.74) is 0. The van der Waals surface area contributed by atoms with Crippen molar-refractivity contribution >= 4 is 18.7 Å². The van der Waals surface area contributed by atoms with E-state index in [1.165, 1.54) is 11.3 Å². The molecule has 0 saturated carbocycles. The summed E-state index contributed by atoms with van der Waals surface area (Å²) >= 11 is 1.37. The normalized spacial score (nSPS) is 10.3. The third kappa shape index (κ3) is 5.15. The molecule has 1 aromatic rings. The van der Waals surface area contributed by atoms with Gasteiger partial charge in [0.25, 0.3) is 0 Å². The molecule has 1 aromatic heterocycles. The van der Waals surface area contributed by atoms with Crippen LogP contribution in [-0.2, 0) is 11.3 Å². The Bertz CT molecular complexity index is 281. The van der Waals surface area contributed by atoms with Gasteiger partial charge in [0.2, 0.25) is 0 Å². The van der Waals surface area contributed by atoms with Crippen molar-refractivity contribution in [1.82, 2.24) is 5.32 Å². The zero-order valence-electron chi connectivity index (χ0n) is 8.47. The zero-order valence-corrected chi connectivity index (χ0v) is 9.29. The molecule has 0 bridgehead atoms. The summed E-state index contributed by atoms with van der Waals surface area (Å²) in [4.78, 5) is 1.07. The molecule has 0 atom stereocenters. The number of thiophene rings is 1. The van der Waals surface area contributed by atoms with E-state index in [1.54, 1.807) is 13.2 Å². The van der Waals surface area contributed by atoms with Gasteiger partial charge in [0, 0.05) is 25.1 Å². The van der Waals surface area contributed by atoms with E-state index in [0.29, 0.717) is 11.7 Å². The van der Waals surface area contributed by atoms with Crippen LogP contribution in [0.1, 0.15) is 4.88 Å². The minimum absolute atomic E-state index is 0.494. The fraction of sp³-hybridized carbons (Fsp3) is 0.500. The first kappa shape index (κ1) is 12.5. The molecule has 15 heavy (non-hydrogen) atoms. The topological polar surface area (TPSA) is 71.0 Å². The number of hydrogen-bond donors (Lipinski definition) is 3. The molecule has 1 rings (SSSR count). The number of methoxy groups -OCH3 is 1. The van der Waals surface area contributed by atoms with Crippen LogP contribution >= 0.6 is 11.3 Å². The number of nitrogens with one attached hydrogen (secondary N) is 1. The van der Waals surface area contributed by atoms with E-state index in [9.17, 15) is 0 Å². The Hall–Kier alpha value is -0.595. The Balaban J connectivity index is 2.26. The maximum atomic E-state index is 8.57. The van der Waals surface area contributed by atoms with Crippen LogP contribution in [0.4, 0.5) is 0 Å². The minimum atomic E-state index is -1.75. The predicted octanol–water partition coefficient (Wildman–Crippen LogP) is -0.168. The number of rotatable bonds is 7. The van der Waals surface area contributed by atoms with Gasteiger partial charge in [-0.1, -0.05) is 0 Å². The maximum Gasteiger partial charge on any atom is 0.708 e. The van der Waals surface area contributed by atoms with Crippen LogP contribution in [0.3, 0.4) is 0 Å². The van der Waals surface area contributed by atoms with Gasteiger partial charge < -0.3 is 24.8 Å². The summed E-state index contributed by atoms with van der Waals surface area (Å²) in [6, 6.07) is 3.58.